The van der Waals surface area contributed by atoms with Crippen molar-refractivity contribution in [3.63, 3.8) is 0 Å². The number of nitrogens with zero attached hydrogens (tertiary/aromatic N) is 2. The molecular weight excluding hydrogens is 406 g/mol. The van der Waals surface area contributed by atoms with Gasteiger partial charge in [0.2, 0.25) is 0 Å². The van der Waals surface area contributed by atoms with Crippen molar-refractivity contribution in [2.24, 2.45) is 7.05 Å². The van der Waals surface area contributed by atoms with Gasteiger partial charge < -0.3 is 9.47 Å². The number of rotatable bonds is 5. The molecule has 8 nitrogen and oxygen atoms in total. The number of fused-ring (bicyclic) bond motifs is 1. The van der Waals surface area contributed by atoms with Gasteiger partial charge in [-0.15, -0.1) is 0 Å². The first-order valence-corrected chi connectivity index (χ1v) is 11.1. The van der Waals surface area contributed by atoms with E-state index in [1.165, 1.54) is 16.8 Å². The molecule has 2 heterocycles. The lowest BCUT2D eigenvalue weighted by molar-refractivity contribution is 0.171. The van der Waals surface area contributed by atoms with Crippen LogP contribution in [0.4, 0.5) is 5.69 Å². The Labute approximate surface area is 174 Å². The molecule has 1 N–H and O–H groups in total. The SMILES string of the molecule is CC(C)c1c(NS(=O)(=O)c2ccc3c(c2)OCCO3)c(=O)n(-c2ccccc2)n1C. The first-order valence-electron chi connectivity index (χ1n) is 9.59. The smallest absolute Gasteiger partial charge is 0.296 e. The van der Waals surface area contributed by atoms with E-state index in [1.54, 1.807) is 29.9 Å². The van der Waals surface area contributed by atoms with E-state index in [-0.39, 0.29) is 16.5 Å². The number of aromatic nitrogens is 2. The predicted molar refractivity (Wildman–Crippen MR) is 113 cm³/mol. The van der Waals surface area contributed by atoms with E-state index < -0.39 is 15.6 Å². The quantitative estimate of drug-likeness (QED) is 0.673. The maximum absolute atomic E-state index is 13.2. The van der Waals surface area contributed by atoms with Crippen molar-refractivity contribution >= 4 is 15.7 Å². The number of benzene rings is 2. The van der Waals surface area contributed by atoms with Gasteiger partial charge >= 0.3 is 0 Å². The Morgan fingerprint density at radius 3 is 2.33 bits per heavy atom. The van der Waals surface area contributed by atoms with Crippen LogP contribution in [0.5, 0.6) is 11.5 Å². The van der Waals surface area contributed by atoms with Crippen molar-refractivity contribution in [2.75, 3.05) is 17.9 Å². The van der Waals surface area contributed by atoms with Crippen LogP contribution < -0.4 is 19.8 Å². The summed E-state index contributed by atoms with van der Waals surface area (Å²) >= 11 is 0. The minimum absolute atomic E-state index is 0.00373. The van der Waals surface area contributed by atoms with Crippen LogP contribution in [0, 0.1) is 0 Å². The molecule has 0 aliphatic carbocycles. The van der Waals surface area contributed by atoms with Crippen molar-refractivity contribution in [2.45, 2.75) is 24.7 Å². The standard InChI is InChI=1S/C21H23N3O5S/c1-14(2)20-19(21(25)24(23(20)3)15-7-5-4-6-8-15)22-30(26,27)16-9-10-17-18(13-16)29-12-11-28-17/h4-10,13-14,22H,11-12H2,1-3H3. The summed E-state index contributed by atoms with van der Waals surface area (Å²) in [6, 6.07) is 13.5. The molecule has 30 heavy (non-hydrogen) atoms. The molecule has 0 radical (unpaired) electrons. The topological polar surface area (TPSA) is 91.6 Å². The molecule has 0 amide bonds. The van der Waals surface area contributed by atoms with Gasteiger partial charge in [0.25, 0.3) is 15.6 Å². The van der Waals surface area contributed by atoms with E-state index >= 15 is 0 Å². The summed E-state index contributed by atoms with van der Waals surface area (Å²) in [5.41, 5.74) is 0.835. The van der Waals surface area contributed by atoms with Gasteiger partial charge in [-0.05, 0) is 30.2 Å². The molecule has 4 rings (SSSR count). The van der Waals surface area contributed by atoms with Crippen molar-refractivity contribution in [3.05, 3.63) is 64.6 Å². The Bertz CT molecular complexity index is 1240. The summed E-state index contributed by atoms with van der Waals surface area (Å²) in [7, 11) is -2.28. The largest absolute Gasteiger partial charge is 0.486 e. The monoisotopic (exact) mass is 429 g/mol. The molecule has 2 aromatic carbocycles. The maximum atomic E-state index is 13.2. The molecular formula is C21H23N3O5S. The van der Waals surface area contributed by atoms with Gasteiger partial charge in [-0.3, -0.25) is 14.2 Å². The van der Waals surface area contributed by atoms with E-state index in [0.717, 1.165) is 0 Å². The fourth-order valence-electron chi connectivity index (χ4n) is 3.62. The Balaban J connectivity index is 1.80. The second-order valence-electron chi connectivity index (χ2n) is 7.30. The highest BCUT2D eigenvalue weighted by atomic mass is 32.2. The van der Waals surface area contributed by atoms with Gasteiger partial charge in [0.05, 0.1) is 16.3 Å². The third-order valence-corrected chi connectivity index (χ3v) is 6.27. The Morgan fingerprint density at radius 2 is 1.67 bits per heavy atom. The van der Waals surface area contributed by atoms with Crippen LogP contribution in [0.1, 0.15) is 25.5 Å². The average molecular weight is 429 g/mol. The summed E-state index contributed by atoms with van der Waals surface area (Å²) in [5, 5.41) is 0. The number of hydrogen-bond acceptors (Lipinski definition) is 5. The second-order valence-corrected chi connectivity index (χ2v) is 8.98. The summed E-state index contributed by atoms with van der Waals surface area (Å²) in [4.78, 5) is 13.2. The molecule has 158 valence electrons. The molecule has 0 fully saturated rings. The third-order valence-electron chi connectivity index (χ3n) is 4.92. The fraction of sp³-hybridized carbons (Fsp3) is 0.286. The zero-order chi connectivity index (χ0) is 21.5. The Hall–Kier alpha value is -3.20. The molecule has 0 saturated carbocycles. The molecule has 0 unspecified atom stereocenters. The zero-order valence-corrected chi connectivity index (χ0v) is 17.8. The summed E-state index contributed by atoms with van der Waals surface area (Å²) < 4.78 is 42.8. The van der Waals surface area contributed by atoms with E-state index in [4.69, 9.17) is 9.47 Å². The van der Waals surface area contributed by atoms with Crippen LogP contribution in [0.3, 0.4) is 0 Å². The number of nitrogens with one attached hydrogen (secondary N) is 1. The van der Waals surface area contributed by atoms with Gasteiger partial charge in [0.1, 0.15) is 18.9 Å². The average Bonchev–Trinajstić information content (AvgIpc) is 2.97. The predicted octanol–water partition coefficient (Wildman–Crippen LogP) is 2.87. The Kier molecular flexibility index (Phi) is 5.07. The molecule has 0 atom stereocenters. The van der Waals surface area contributed by atoms with Gasteiger partial charge in [-0.25, -0.2) is 13.1 Å². The number of ether oxygens (including phenoxy) is 2. The number of hydrogen-bond donors (Lipinski definition) is 1. The molecule has 1 aliphatic heterocycles. The highest BCUT2D eigenvalue weighted by Gasteiger charge is 2.27. The van der Waals surface area contributed by atoms with E-state index in [0.29, 0.717) is 36.1 Å². The maximum Gasteiger partial charge on any atom is 0.296 e. The molecule has 0 spiro atoms. The van der Waals surface area contributed by atoms with Crippen LogP contribution in [0.15, 0.2) is 58.2 Å². The lowest BCUT2D eigenvalue weighted by Gasteiger charge is -2.19. The van der Waals surface area contributed by atoms with E-state index in [9.17, 15) is 13.2 Å². The number of anilines is 1. The second kappa shape index (κ2) is 7.56. The van der Waals surface area contributed by atoms with Gasteiger partial charge in [-0.1, -0.05) is 32.0 Å². The minimum atomic E-state index is -4.02. The lowest BCUT2D eigenvalue weighted by atomic mass is 10.1. The van der Waals surface area contributed by atoms with Crippen LogP contribution in [0.2, 0.25) is 0 Å². The number of sulfonamides is 1. The van der Waals surface area contributed by atoms with Crippen LogP contribution in [0.25, 0.3) is 5.69 Å². The van der Waals surface area contributed by atoms with Crippen molar-refractivity contribution in [1.29, 1.82) is 0 Å². The first kappa shape index (κ1) is 20.1. The van der Waals surface area contributed by atoms with E-state index in [1.807, 2.05) is 32.0 Å². The van der Waals surface area contributed by atoms with Crippen LogP contribution >= 0.6 is 0 Å². The third kappa shape index (κ3) is 3.45. The van der Waals surface area contributed by atoms with E-state index in [2.05, 4.69) is 4.72 Å². The van der Waals surface area contributed by atoms with Crippen LogP contribution in [-0.2, 0) is 17.1 Å². The molecule has 1 aromatic heterocycles. The van der Waals surface area contributed by atoms with Crippen molar-refractivity contribution < 1.29 is 17.9 Å². The highest BCUT2D eigenvalue weighted by Crippen LogP contribution is 2.33. The van der Waals surface area contributed by atoms with Crippen molar-refractivity contribution in [3.8, 4) is 17.2 Å². The number of para-hydroxylation sites is 1. The molecule has 0 bridgehead atoms. The lowest BCUT2D eigenvalue weighted by Crippen LogP contribution is -2.23. The van der Waals surface area contributed by atoms with Crippen molar-refractivity contribution in [1.82, 2.24) is 9.36 Å². The Morgan fingerprint density at radius 1 is 1.00 bits per heavy atom. The summed E-state index contributed by atoms with van der Waals surface area (Å²) in [6.07, 6.45) is 0. The zero-order valence-electron chi connectivity index (χ0n) is 17.0. The van der Waals surface area contributed by atoms with Gasteiger partial charge in [-0.2, -0.15) is 0 Å². The fourth-order valence-corrected chi connectivity index (χ4v) is 4.71. The van der Waals surface area contributed by atoms with Gasteiger partial charge in [0, 0.05) is 13.1 Å². The summed E-state index contributed by atoms with van der Waals surface area (Å²) in [6.45, 7) is 4.58. The first-order chi connectivity index (χ1) is 14.3. The molecule has 1 aliphatic rings. The minimum Gasteiger partial charge on any atom is -0.486 e. The molecule has 3 aromatic rings. The highest BCUT2D eigenvalue weighted by molar-refractivity contribution is 7.92. The normalized spacial score (nSPS) is 13.5. The molecule has 9 heteroatoms. The molecule has 0 saturated heterocycles. The van der Waals surface area contributed by atoms with Gasteiger partial charge in [0.15, 0.2) is 11.5 Å². The summed E-state index contributed by atoms with van der Waals surface area (Å²) in [5.74, 6) is 0.766. The van der Waals surface area contributed by atoms with Crippen LogP contribution in [-0.4, -0.2) is 31.0 Å².